The molecule has 0 saturated heterocycles. The smallest absolute Gasteiger partial charge is 0.275 e. The number of aromatic nitrogens is 1. The van der Waals surface area contributed by atoms with Gasteiger partial charge in [0.25, 0.3) is 5.91 Å². The molecule has 1 aromatic carbocycles. The van der Waals surface area contributed by atoms with E-state index in [1.165, 1.54) is 42.6 Å². The molecule has 2 aliphatic rings. The van der Waals surface area contributed by atoms with Crippen molar-refractivity contribution in [3.05, 3.63) is 62.4 Å². The van der Waals surface area contributed by atoms with E-state index in [-0.39, 0.29) is 11.7 Å². The fraction of sp³-hybridized carbons (Fsp3) is 0.433. The molecule has 0 atom stereocenters. The topological polar surface area (TPSA) is 62.3 Å². The lowest BCUT2D eigenvalue weighted by molar-refractivity contribution is 0.101. The summed E-state index contributed by atoms with van der Waals surface area (Å²) in [6.07, 6.45) is 6.10. The summed E-state index contributed by atoms with van der Waals surface area (Å²) in [5, 5.41) is 4.71. The van der Waals surface area contributed by atoms with Crippen molar-refractivity contribution in [2.75, 3.05) is 25.5 Å². The molecule has 194 valence electrons. The third kappa shape index (κ3) is 5.64. The lowest BCUT2D eigenvalue weighted by atomic mass is 9.75. The zero-order chi connectivity index (χ0) is 26.1. The van der Waals surface area contributed by atoms with Crippen LogP contribution in [-0.4, -0.2) is 41.7 Å². The number of hydrogen-bond acceptors (Lipinski definition) is 6. The van der Waals surface area contributed by atoms with Crippen molar-refractivity contribution in [1.29, 1.82) is 0 Å². The number of likely N-dealkylation sites (N-methyl/N-ethyl adjacent to an activating group) is 1. The van der Waals surface area contributed by atoms with Gasteiger partial charge in [0.2, 0.25) is 0 Å². The van der Waals surface area contributed by atoms with Gasteiger partial charge in [-0.25, -0.2) is 4.98 Å². The van der Waals surface area contributed by atoms with E-state index in [0.717, 1.165) is 57.6 Å². The highest BCUT2D eigenvalue weighted by Gasteiger charge is 2.29. The van der Waals surface area contributed by atoms with E-state index in [1.807, 2.05) is 19.1 Å². The van der Waals surface area contributed by atoms with Gasteiger partial charge in [-0.3, -0.25) is 9.59 Å². The third-order valence-corrected chi connectivity index (χ3v) is 9.75. The minimum atomic E-state index is -0.201. The number of carbonyl (C=O) groups is 2. The van der Waals surface area contributed by atoms with E-state index in [0.29, 0.717) is 11.6 Å². The summed E-state index contributed by atoms with van der Waals surface area (Å²) in [5.41, 5.74) is 9.03. The molecule has 1 fully saturated rings. The Kier molecular flexibility index (Phi) is 7.75. The van der Waals surface area contributed by atoms with Crippen LogP contribution in [0.3, 0.4) is 0 Å². The molecule has 2 aromatic heterocycles. The van der Waals surface area contributed by atoms with E-state index in [4.69, 9.17) is 0 Å². The first-order chi connectivity index (χ1) is 17.8. The molecule has 5 rings (SSSR count). The summed E-state index contributed by atoms with van der Waals surface area (Å²) in [5.74, 6) is 1.38. The quantitative estimate of drug-likeness (QED) is 0.332. The molecule has 0 unspecified atom stereocenters. The van der Waals surface area contributed by atoms with Crippen LogP contribution in [0.25, 0.3) is 16.0 Å². The van der Waals surface area contributed by atoms with Crippen molar-refractivity contribution in [3.63, 3.8) is 0 Å². The maximum atomic E-state index is 12.8. The number of ketones is 1. The molecule has 0 spiro atoms. The van der Waals surface area contributed by atoms with Crippen molar-refractivity contribution in [1.82, 2.24) is 9.88 Å². The Labute approximate surface area is 227 Å². The first-order valence-corrected chi connectivity index (χ1v) is 14.9. The summed E-state index contributed by atoms with van der Waals surface area (Å²) >= 11 is 3.00. The number of benzene rings is 1. The number of amides is 1. The Bertz CT molecular complexity index is 1330. The van der Waals surface area contributed by atoms with E-state index < -0.39 is 0 Å². The van der Waals surface area contributed by atoms with Gasteiger partial charge in [-0.2, -0.15) is 0 Å². The van der Waals surface area contributed by atoms with E-state index >= 15 is 0 Å². The molecule has 3 heterocycles. The van der Waals surface area contributed by atoms with Crippen LogP contribution in [0.15, 0.2) is 40.7 Å². The van der Waals surface area contributed by atoms with Crippen LogP contribution >= 0.6 is 22.7 Å². The zero-order valence-corrected chi connectivity index (χ0v) is 23.7. The van der Waals surface area contributed by atoms with Crippen LogP contribution in [0.1, 0.15) is 77.2 Å². The number of nitrogens with one attached hydrogen (secondary N) is 1. The standard InChI is InChI=1S/C30H35N3O2S2/c1-18-5-7-21(8-6-18)25-15-33(4)12-11-23(25)24-14-28(37-29(24)20(3)34)22-9-10-26(19(2)13-22)32-30(35)27-16-36-17-31-27/h9-10,13-14,16-18,21H,5-8,11-12,15H2,1-4H3,(H,32,35). The number of Topliss-reactive ketones (excluding diaryl/α,β-unsaturated/α-hetero) is 1. The minimum Gasteiger partial charge on any atom is -0.320 e. The molecule has 1 aliphatic heterocycles. The molecule has 1 saturated carbocycles. The normalized spacial score (nSPS) is 20.8. The number of aryl methyl sites for hydroxylation is 1. The van der Waals surface area contributed by atoms with Gasteiger partial charge in [0.1, 0.15) is 5.69 Å². The van der Waals surface area contributed by atoms with Crippen molar-refractivity contribution < 1.29 is 9.59 Å². The number of nitrogens with zero attached hydrogens (tertiary/aromatic N) is 2. The Hall–Kier alpha value is -2.61. The molecule has 1 aliphatic carbocycles. The Morgan fingerprint density at radius 1 is 1.14 bits per heavy atom. The predicted octanol–water partition coefficient (Wildman–Crippen LogP) is 7.55. The number of hydrogen-bond donors (Lipinski definition) is 1. The molecule has 37 heavy (non-hydrogen) atoms. The molecule has 3 aromatic rings. The van der Waals surface area contributed by atoms with Gasteiger partial charge in [0, 0.05) is 29.0 Å². The maximum Gasteiger partial charge on any atom is 0.275 e. The zero-order valence-electron chi connectivity index (χ0n) is 22.1. The van der Waals surface area contributed by atoms with Gasteiger partial charge in [0.15, 0.2) is 5.78 Å². The maximum absolute atomic E-state index is 12.8. The minimum absolute atomic E-state index is 0.137. The van der Waals surface area contributed by atoms with Crippen molar-refractivity contribution >= 4 is 45.6 Å². The van der Waals surface area contributed by atoms with Crippen LogP contribution in [0.5, 0.6) is 0 Å². The van der Waals surface area contributed by atoms with Crippen molar-refractivity contribution in [2.45, 2.75) is 52.9 Å². The highest BCUT2D eigenvalue weighted by atomic mass is 32.1. The molecule has 7 heteroatoms. The summed E-state index contributed by atoms with van der Waals surface area (Å²) in [6.45, 7) is 8.09. The number of carbonyl (C=O) groups excluding carboxylic acids is 2. The van der Waals surface area contributed by atoms with Gasteiger partial charge in [-0.05, 0) is 98.0 Å². The largest absolute Gasteiger partial charge is 0.320 e. The SMILES string of the molecule is CC(=O)c1sc(-c2ccc(NC(=O)c3cscn3)c(C)c2)cc1C1=C(C2CCC(C)CC2)CN(C)CC1. The third-order valence-electron chi connectivity index (χ3n) is 7.88. The van der Waals surface area contributed by atoms with Crippen LogP contribution in [0, 0.1) is 18.8 Å². The van der Waals surface area contributed by atoms with E-state index in [9.17, 15) is 9.59 Å². The molecule has 1 amide bonds. The first-order valence-electron chi connectivity index (χ1n) is 13.2. The number of rotatable bonds is 6. The second-order valence-electron chi connectivity index (χ2n) is 10.7. The second kappa shape index (κ2) is 11.0. The van der Waals surface area contributed by atoms with E-state index in [2.05, 4.69) is 41.3 Å². The molecule has 0 bridgehead atoms. The Balaban J connectivity index is 1.48. The molecule has 5 nitrogen and oxygen atoms in total. The van der Waals surface area contributed by atoms with Crippen LogP contribution in [0.2, 0.25) is 0 Å². The number of thiazole rings is 1. The molecular formula is C30H35N3O2S2. The monoisotopic (exact) mass is 533 g/mol. The fourth-order valence-electron chi connectivity index (χ4n) is 5.71. The lowest BCUT2D eigenvalue weighted by Gasteiger charge is -2.35. The number of anilines is 1. The Morgan fingerprint density at radius 3 is 2.59 bits per heavy atom. The highest BCUT2D eigenvalue weighted by Crippen LogP contribution is 2.43. The van der Waals surface area contributed by atoms with Gasteiger partial charge < -0.3 is 10.2 Å². The molecule has 0 radical (unpaired) electrons. The van der Waals surface area contributed by atoms with E-state index in [1.54, 1.807) is 34.7 Å². The summed E-state index contributed by atoms with van der Waals surface area (Å²) < 4.78 is 0. The predicted molar refractivity (Wildman–Crippen MR) is 155 cm³/mol. The van der Waals surface area contributed by atoms with Crippen LogP contribution in [0.4, 0.5) is 5.69 Å². The van der Waals surface area contributed by atoms with Crippen molar-refractivity contribution in [3.8, 4) is 10.4 Å². The second-order valence-corrected chi connectivity index (χ2v) is 12.5. The van der Waals surface area contributed by atoms with Gasteiger partial charge in [-0.1, -0.05) is 25.8 Å². The lowest BCUT2D eigenvalue weighted by Crippen LogP contribution is -2.31. The summed E-state index contributed by atoms with van der Waals surface area (Å²) in [7, 11) is 2.21. The van der Waals surface area contributed by atoms with Gasteiger partial charge >= 0.3 is 0 Å². The first kappa shape index (κ1) is 26.0. The van der Waals surface area contributed by atoms with Crippen molar-refractivity contribution in [2.24, 2.45) is 11.8 Å². The summed E-state index contributed by atoms with van der Waals surface area (Å²) in [6, 6.07) is 8.33. The summed E-state index contributed by atoms with van der Waals surface area (Å²) in [4.78, 5) is 33.8. The van der Waals surface area contributed by atoms with Gasteiger partial charge in [-0.15, -0.1) is 22.7 Å². The average Bonchev–Trinajstić information content (AvgIpc) is 3.57. The Morgan fingerprint density at radius 2 is 1.92 bits per heavy atom. The average molecular weight is 534 g/mol. The van der Waals surface area contributed by atoms with Gasteiger partial charge in [0.05, 0.1) is 10.4 Å². The number of thiophene rings is 1. The van der Waals surface area contributed by atoms with Crippen LogP contribution < -0.4 is 5.32 Å². The van der Waals surface area contributed by atoms with Crippen LogP contribution in [-0.2, 0) is 0 Å². The fourth-order valence-corrected chi connectivity index (χ4v) is 7.32. The molecule has 1 N–H and O–H groups in total. The highest BCUT2D eigenvalue weighted by molar-refractivity contribution is 7.17. The molecular weight excluding hydrogens is 498 g/mol.